The normalized spacial score (nSPS) is 28.6. The van der Waals surface area contributed by atoms with Gasteiger partial charge in [-0.2, -0.15) is 0 Å². The van der Waals surface area contributed by atoms with Gasteiger partial charge in [-0.3, -0.25) is 19.2 Å². The second kappa shape index (κ2) is 9.33. The summed E-state index contributed by atoms with van der Waals surface area (Å²) in [6, 6.07) is -0.899. The van der Waals surface area contributed by atoms with Gasteiger partial charge in [0, 0.05) is 41.3 Å². The molecule has 0 radical (unpaired) electrons. The quantitative estimate of drug-likeness (QED) is 0.569. The first-order chi connectivity index (χ1) is 11.6. The van der Waals surface area contributed by atoms with Crippen LogP contribution in [-0.2, 0) is 38.1 Å². The standard InChI is InChI=1S/C15H24N2O8/c1-7(18)16-6-11-13(23-9(3)20)14(24-10(4)21)12(17-8(2)19)15(22-5)25-11/h11-15H,6H2,1-5H3,(H,16,18)(H,17,19)/t11-,12+,13+,14+,15+/m0/s1. The zero-order chi connectivity index (χ0) is 19.1. The van der Waals surface area contributed by atoms with E-state index in [0.717, 1.165) is 0 Å². The summed E-state index contributed by atoms with van der Waals surface area (Å²) in [6.07, 6.45) is -3.91. The van der Waals surface area contributed by atoms with E-state index in [1.54, 1.807) is 0 Å². The molecule has 1 heterocycles. The van der Waals surface area contributed by atoms with Gasteiger partial charge in [-0.1, -0.05) is 0 Å². The van der Waals surface area contributed by atoms with E-state index in [4.69, 9.17) is 18.9 Å². The average molecular weight is 360 g/mol. The maximum absolute atomic E-state index is 11.5. The lowest BCUT2D eigenvalue weighted by molar-refractivity contribution is -0.263. The second-order valence-corrected chi connectivity index (χ2v) is 5.59. The predicted octanol–water partition coefficient (Wildman–Crippen LogP) is -1.14. The Morgan fingerprint density at radius 2 is 1.48 bits per heavy atom. The van der Waals surface area contributed by atoms with E-state index in [0.29, 0.717) is 0 Å². The Morgan fingerprint density at radius 3 is 1.92 bits per heavy atom. The van der Waals surface area contributed by atoms with Gasteiger partial charge < -0.3 is 29.6 Å². The first-order valence-electron chi connectivity index (χ1n) is 7.70. The van der Waals surface area contributed by atoms with E-state index in [9.17, 15) is 19.2 Å². The summed E-state index contributed by atoms with van der Waals surface area (Å²) < 4.78 is 21.5. The molecule has 5 atom stereocenters. The number of carbonyl (C=O) groups excluding carboxylic acids is 4. The van der Waals surface area contributed by atoms with Gasteiger partial charge in [0.15, 0.2) is 18.5 Å². The summed E-state index contributed by atoms with van der Waals surface area (Å²) in [5.74, 6) is -1.98. The molecular formula is C15H24N2O8. The van der Waals surface area contributed by atoms with Crippen LogP contribution in [0, 0.1) is 0 Å². The van der Waals surface area contributed by atoms with Crippen LogP contribution in [0.2, 0.25) is 0 Å². The molecule has 1 aliphatic heterocycles. The summed E-state index contributed by atoms with van der Waals surface area (Å²) >= 11 is 0. The van der Waals surface area contributed by atoms with E-state index in [1.165, 1.54) is 34.8 Å². The number of esters is 2. The molecule has 0 spiro atoms. The third-order valence-electron chi connectivity index (χ3n) is 3.40. The fraction of sp³-hybridized carbons (Fsp3) is 0.733. The molecule has 0 aromatic carbocycles. The number of amides is 2. The van der Waals surface area contributed by atoms with Crippen LogP contribution in [0.3, 0.4) is 0 Å². The molecule has 10 nitrogen and oxygen atoms in total. The van der Waals surface area contributed by atoms with Crippen LogP contribution in [0.1, 0.15) is 27.7 Å². The van der Waals surface area contributed by atoms with Crippen molar-refractivity contribution in [1.29, 1.82) is 0 Å². The first kappa shape index (κ1) is 20.8. The molecule has 10 heteroatoms. The minimum absolute atomic E-state index is 0.00229. The van der Waals surface area contributed by atoms with Gasteiger partial charge in [0.25, 0.3) is 0 Å². The van der Waals surface area contributed by atoms with Crippen molar-refractivity contribution in [1.82, 2.24) is 10.6 Å². The van der Waals surface area contributed by atoms with E-state index in [-0.39, 0.29) is 12.5 Å². The van der Waals surface area contributed by atoms with Gasteiger partial charge in [-0.25, -0.2) is 0 Å². The molecule has 0 bridgehead atoms. The Labute approximate surface area is 145 Å². The maximum Gasteiger partial charge on any atom is 0.303 e. The molecule has 0 aromatic rings. The van der Waals surface area contributed by atoms with Crippen molar-refractivity contribution >= 4 is 23.8 Å². The Kier molecular flexibility index (Phi) is 7.78. The van der Waals surface area contributed by atoms with Crippen molar-refractivity contribution in [3.05, 3.63) is 0 Å². The van der Waals surface area contributed by atoms with Crippen molar-refractivity contribution in [2.75, 3.05) is 13.7 Å². The smallest absolute Gasteiger partial charge is 0.303 e. The van der Waals surface area contributed by atoms with Gasteiger partial charge in [-0.05, 0) is 0 Å². The molecule has 1 saturated heterocycles. The Hall–Kier alpha value is -2.20. The third-order valence-corrected chi connectivity index (χ3v) is 3.40. The van der Waals surface area contributed by atoms with E-state index in [2.05, 4.69) is 10.6 Å². The van der Waals surface area contributed by atoms with Gasteiger partial charge in [0.1, 0.15) is 12.1 Å². The molecule has 142 valence electrons. The van der Waals surface area contributed by atoms with Crippen molar-refractivity contribution in [2.45, 2.75) is 58.3 Å². The Balaban J connectivity index is 3.18. The number of hydrogen-bond donors (Lipinski definition) is 2. The molecule has 1 fully saturated rings. The first-order valence-corrected chi connectivity index (χ1v) is 7.70. The lowest BCUT2D eigenvalue weighted by Crippen LogP contribution is -2.67. The average Bonchev–Trinajstić information content (AvgIpc) is 2.48. The SMILES string of the molecule is CO[C@@H]1O[C@@H](CNC(C)=O)[C@@H](OC(C)=O)[C@H](OC(C)=O)[C@H]1NC(C)=O. The maximum atomic E-state index is 11.5. The number of rotatable bonds is 6. The fourth-order valence-corrected chi connectivity index (χ4v) is 2.57. The van der Waals surface area contributed by atoms with Crippen molar-refractivity contribution < 1.29 is 38.1 Å². The highest BCUT2D eigenvalue weighted by atomic mass is 16.7. The summed E-state index contributed by atoms with van der Waals surface area (Å²) in [5.41, 5.74) is 0. The summed E-state index contributed by atoms with van der Waals surface area (Å²) in [7, 11) is 1.35. The van der Waals surface area contributed by atoms with Crippen LogP contribution in [0.4, 0.5) is 0 Å². The van der Waals surface area contributed by atoms with Crippen LogP contribution >= 0.6 is 0 Å². The highest BCUT2D eigenvalue weighted by Crippen LogP contribution is 2.27. The molecule has 0 saturated carbocycles. The third kappa shape index (κ3) is 6.31. The van der Waals surface area contributed by atoms with Crippen LogP contribution in [0.25, 0.3) is 0 Å². The lowest BCUT2D eigenvalue weighted by atomic mass is 9.95. The molecule has 2 N–H and O–H groups in total. The van der Waals surface area contributed by atoms with Crippen LogP contribution in [0.15, 0.2) is 0 Å². The van der Waals surface area contributed by atoms with Crippen molar-refractivity contribution in [2.24, 2.45) is 0 Å². The van der Waals surface area contributed by atoms with Crippen molar-refractivity contribution in [3.63, 3.8) is 0 Å². The molecule has 1 rings (SSSR count). The fourth-order valence-electron chi connectivity index (χ4n) is 2.57. The monoisotopic (exact) mass is 360 g/mol. The zero-order valence-electron chi connectivity index (χ0n) is 14.9. The number of nitrogens with one attached hydrogen (secondary N) is 2. The molecule has 0 aliphatic carbocycles. The summed E-state index contributed by atoms with van der Waals surface area (Å²) in [5, 5.41) is 5.14. The van der Waals surface area contributed by atoms with Gasteiger partial charge >= 0.3 is 11.9 Å². The number of ether oxygens (including phenoxy) is 4. The zero-order valence-corrected chi connectivity index (χ0v) is 14.9. The number of carbonyl (C=O) groups is 4. The number of hydrogen-bond acceptors (Lipinski definition) is 8. The Morgan fingerprint density at radius 1 is 0.920 bits per heavy atom. The van der Waals surface area contributed by atoms with Gasteiger partial charge in [0.2, 0.25) is 11.8 Å². The van der Waals surface area contributed by atoms with E-state index >= 15 is 0 Å². The number of methoxy groups -OCH3 is 1. The second-order valence-electron chi connectivity index (χ2n) is 5.59. The largest absolute Gasteiger partial charge is 0.456 e. The molecular weight excluding hydrogens is 336 g/mol. The predicted molar refractivity (Wildman–Crippen MR) is 83.1 cm³/mol. The van der Waals surface area contributed by atoms with Gasteiger partial charge in [0.05, 0.1) is 0 Å². The summed E-state index contributed by atoms with van der Waals surface area (Å²) in [4.78, 5) is 45.7. The molecule has 1 aliphatic rings. The Bertz CT molecular complexity index is 524. The highest BCUT2D eigenvalue weighted by Gasteiger charge is 2.50. The minimum Gasteiger partial charge on any atom is -0.456 e. The van der Waals surface area contributed by atoms with Gasteiger partial charge in [-0.15, -0.1) is 0 Å². The molecule has 25 heavy (non-hydrogen) atoms. The topological polar surface area (TPSA) is 129 Å². The van der Waals surface area contributed by atoms with Crippen LogP contribution in [0.5, 0.6) is 0 Å². The van der Waals surface area contributed by atoms with Crippen LogP contribution < -0.4 is 10.6 Å². The minimum atomic E-state index is -1.05. The highest BCUT2D eigenvalue weighted by molar-refractivity contribution is 5.74. The summed E-state index contributed by atoms with van der Waals surface area (Å²) in [6.45, 7) is 4.98. The van der Waals surface area contributed by atoms with E-state index in [1.807, 2.05) is 0 Å². The molecule has 0 aromatic heterocycles. The van der Waals surface area contributed by atoms with E-state index < -0.39 is 48.5 Å². The van der Waals surface area contributed by atoms with Crippen LogP contribution in [-0.4, -0.2) is 68.1 Å². The molecule has 2 amide bonds. The molecule has 0 unspecified atom stereocenters. The van der Waals surface area contributed by atoms with Crippen molar-refractivity contribution in [3.8, 4) is 0 Å². The lowest BCUT2D eigenvalue weighted by Gasteiger charge is -2.44.